The van der Waals surface area contributed by atoms with Gasteiger partial charge in [-0.25, -0.2) is 0 Å². The van der Waals surface area contributed by atoms with Crippen molar-refractivity contribution >= 4 is 17.2 Å². The van der Waals surface area contributed by atoms with Crippen LogP contribution < -0.4 is 9.54 Å². The Morgan fingerprint density at radius 1 is 1.22 bits per heavy atom. The normalized spacial score (nSPS) is 13.2. The Morgan fingerprint density at radius 3 is 2.44 bits per heavy atom. The largest absolute Gasteiger partial charge is 0.483 e. The van der Waals surface area contributed by atoms with Crippen LogP contribution in [0.5, 0.6) is 5.75 Å². The third kappa shape index (κ3) is 6.96. The zero-order chi connectivity index (χ0) is 24.1. The Balaban J connectivity index is 2.69. The van der Waals surface area contributed by atoms with Crippen molar-refractivity contribution in [3.8, 4) is 18.0 Å². The van der Waals surface area contributed by atoms with Crippen LogP contribution in [-0.4, -0.2) is 23.2 Å². The molecular weight excluding hydrogens is 439 g/mol. The smallest absolute Gasteiger partial charge is 0.422 e. The van der Waals surface area contributed by atoms with Gasteiger partial charge in [-0.1, -0.05) is 34.6 Å². The van der Waals surface area contributed by atoms with E-state index in [2.05, 4.69) is 44.6 Å². The van der Waals surface area contributed by atoms with Crippen molar-refractivity contribution in [1.82, 2.24) is 4.57 Å². The molecule has 1 heterocycles. The topological polar surface area (TPSA) is 86.5 Å². The lowest BCUT2D eigenvalue weighted by Crippen LogP contribution is -2.21. The molecular formula is C22H24F3N5OS. The number of benzene rings is 1. The molecule has 0 bridgehead atoms. The number of hydrogen-bond acceptors (Lipinski definition) is 5. The molecule has 32 heavy (non-hydrogen) atoms. The molecule has 0 aliphatic carbocycles. The monoisotopic (exact) mass is 463 g/mol. The van der Waals surface area contributed by atoms with Gasteiger partial charge in [-0.3, -0.25) is 0 Å². The fourth-order valence-corrected chi connectivity index (χ4v) is 3.74. The first-order valence-electron chi connectivity index (χ1n) is 9.80. The van der Waals surface area contributed by atoms with Crippen LogP contribution in [0, 0.1) is 28.7 Å². The fraction of sp³-hybridized carbons (Fsp3) is 0.455. The van der Waals surface area contributed by atoms with Crippen LogP contribution in [-0.2, 0) is 12.0 Å². The lowest BCUT2D eigenvalue weighted by Gasteiger charge is -2.14. The maximum atomic E-state index is 12.7. The second kappa shape index (κ2) is 10.0. The number of halogens is 3. The van der Waals surface area contributed by atoms with E-state index in [1.807, 2.05) is 16.8 Å². The van der Waals surface area contributed by atoms with E-state index in [0.717, 1.165) is 4.88 Å². The van der Waals surface area contributed by atoms with Crippen molar-refractivity contribution in [2.24, 2.45) is 15.9 Å². The number of nitriles is 2. The molecule has 6 nitrogen and oxygen atoms in total. The molecule has 2 aromatic rings. The highest BCUT2D eigenvalue weighted by molar-refractivity contribution is 7.09. The summed E-state index contributed by atoms with van der Waals surface area (Å²) in [6.45, 7) is 9.42. The minimum absolute atomic E-state index is 0.0386. The van der Waals surface area contributed by atoms with Crippen LogP contribution in [0.2, 0.25) is 0 Å². The molecule has 0 aliphatic rings. The standard InChI is InChI=1S/C22H24F3N5OS/c1-14(2)10-30-11-18(21(3,4)5)32-20(30)29-19(28-13-27)16-8-15(9-26)6-7-17(16)31-12-22(23,24)25/h6-8,11,14H,10,12H2,1-5H3. The van der Waals surface area contributed by atoms with E-state index in [1.165, 1.54) is 29.5 Å². The zero-order valence-corrected chi connectivity index (χ0v) is 19.3. The molecule has 0 saturated heterocycles. The third-order valence-electron chi connectivity index (χ3n) is 4.12. The van der Waals surface area contributed by atoms with E-state index in [9.17, 15) is 23.7 Å². The molecule has 0 radical (unpaired) electrons. The van der Waals surface area contributed by atoms with Crippen LogP contribution in [0.4, 0.5) is 13.2 Å². The van der Waals surface area contributed by atoms with Gasteiger partial charge in [0.25, 0.3) is 0 Å². The Bertz CT molecular complexity index is 1140. The molecule has 0 saturated carbocycles. The number of thiazole rings is 1. The second-order valence-corrected chi connectivity index (χ2v) is 9.56. The number of amidine groups is 1. The van der Waals surface area contributed by atoms with Gasteiger partial charge < -0.3 is 9.30 Å². The van der Waals surface area contributed by atoms with Gasteiger partial charge in [0, 0.05) is 17.6 Å². The summed E-state index contributed by atoms with van der Waals surface area (Å²) >= 11 is 1.41. The van der Waals surface area contributed by atoms with Gasteiger partial charge >= 0.3 is 6.18 Å². The highest BCUT2D eigenvalue weighted by Crippen LogP contribution is 2.26. The molecule has 170 valence electrons. The Morgan fingerprint density at radius 2 is 1.91 bits per heavy atom. The van der Waals surface area contributed by atoms with Gasteiger partial charge in [0.05, 0.1) is 17.2 Å². The second-order valence-electron chi connectivity index (χ2n) is 8.55. The van der Waals surface area contributed by atoms with E-state index in [0.29, 0.717) is 17.3 Å². The Labute approximate surface area is 188 Å². The molecule has 0 fully saturated rings. The van der Waals surface area contributed by atoms with Crippen molar-refractivity contribution in [3.63, 3.8) is 0 Å². The molecule has 0 atom stereocenters. The van der Waals surface area contributed by atoms with Crippen molar-refractivity contribution in [2.75, 3.05) is 6.61 Å². The molecule has 2 rings (SSSR count). The molecule has 0 unspecified atom stereocenters. The van der Waals surface area contributed by atoms with Crippen LogP contribution in [0.1, 0.15) is 50.6 Å². The summed E-state index contributed by atoms with van der Waals surface area (Å²) < 4.78 is 45.0. The first kappa shape index (κ1) is 25.2. The van der Waals surface area contributed by atoms with E-state index < -0.39 is 12.8 Å². The Kier molecular flexibility index (Phi) is 7.87. The summed E-state index contributed by atoms with van der Waals surface area (Å²) in [6.07, 6.45) is -0.915. The van der Waals surface area contributed by atoms with Crippen molar-refractivity contribution in [3.05, 3.63) is 45.2 Å². The van der Waals surface area contributed by atoms with Gasteiger partial charge in [-0.05, 0) is 29.5 Å². The van der Waals surface area contributed by atoms with E-state index >= 15 is 0 Å². The Hall–Kier alpha value is -3.11. The molecule has 1 aromatic carbocycles. The van der Waals surface area contributed by atoms with Gasteiger partial charge in [0.1, 0.15) is 5.75 Å². The summed E-state index contributed by atoms with van der Waals surface area (Å²) in [4.78, 5) is 9.86. The van der Waals surface area contributed by atoms with Crippen LogP contribution in [0.3, 0.4) is 0 Å². The molecule has 0 amide bonds. The van der Waals surface area contributed by atoms with Crippen molar-refractivity contribution < 1.29 is 17.9 Å². The number of rotatable bonds is 5. The van der Waals surface area contributed by atoms with Crippen LogP contribution in [0.15, 0.2) is 34.4 Å². The minimum Gasteiger partial charge on any atom is -0.483 e. The summed E-state index contributed by atoms with van der Waals surface area (Å²) in [5.41, 5.74) is 0.0688. The summed E-state index contributed by atoms with van der Waals surface area (Å²) in [6, 6.07) is 5.83. The SMILES string of the molecule is CC(C)Cn1cc(C(C)(C)C)sc1=NC(=NC#N)c1cc(C#N)ccc1OCC(F)(F)F. The van der Waals surface area contributed by atoms with Crippen LogP contribution in [0.25, 0.3) is 0 Å². The average molecular weight is 464 g/mol. The summed E-state index contributed by atoms with van der Waals surface area (Å²) in [7, 11) is 0. The number of aliphatic imine (C=N–C) groups is 1. The van der Waals surface area contributed by atoms with Gasteiger partial charge in [0.2, 0.25) is 6.19 Å². The third-order valence-corrected chi connectivity index (χ3v) is 5.57. The van der Waals surface area contributed by atoms with Gasteiger partial charge in [0.15, 0.2) is 17.2 Å². The first-order valence-corrected chi connectivity index (χ1v) is 10.6. The maximum Gasteiger partial charge on any atom is 0.422 e. The molecule has 10 heteroatoms. The summed E-state index contributed by atoms with van der Waals surface area (Å²) in [5, 5.41) is 18.5. The van der Waals surface area contributed by atoms with E-state index in [4.69, 9.17) is 4.74 Å². The minimum atomic E-state index is -4.55. The summed E-state index contributed by atoms with van der Waals surface area (Å²) in [5.74, 6) is 0.0176. The highest BCUT2D eigenvalue weighted by Gasteiger charge is 2.29. The quantitative estimate of drug-likeness (QED) is 0.349. The zero-order valence-electron chi connectivity index (χ0n) is 18.5. The predicted molar refractivity (Wildman–Crippen MR) is 116 cm³/mol. The number of nitrogens with zero attached hydrogens (tertiary/aromatic N) is 5. The van der Waals surface area contributed by atoms with E-state index in [1.54, 1.807) is 6.19 Å². The number of hydrogen-bond donors (Lipinski definition) is 0. The number of aromatic nitrogens is 1. The van der Waals surface area contributed by atoms with Crippen molar-refractivity contribution in [1.29, 1.82) is 10.5 Å². The fourth-order valence-electron chi connectivity index (χ4n) is 2.68. The highest BCUT2D eigenvalue weighted by atomic mass is 32.1. The lowest BCUT2D eigenvalue weighted by molar-refractivity contribution is -0.153. The van der Waals surface area contributed by atoms with E-state index in [-0.39, 0.29) is 28.1 Å². The van der Waals surface area contributed by atoms with Gasteiger partial charge in [-0.15, -0.1) is 11.3 Å². The lowest BCUT2D eigenvalue weighted by atomic mass is 9.95. The maximum absolute atomic E-state index is 12.7. The van der Waals surface area contributed by atoms with Gasteiger partial charge in [-0.2, -0.15) is 33.7 Å². The number of ether oxygens (including phenoxy) is 1. The molecule has 0 spiro atoms. The molecule has 1 aromatic heterocycles. The van der Waals surface area contributed by atoms with Crippen molar-refractivity contribution in [2.45, 2.75) is 52.8 Å². The van der Waals surface area contributed by atoms with Crippen LogP contribution >= 0.6 is 11.3 Å². The molecule has 0 aliphatic heterocycles. The average Bonchev–Trinajstić information content (AvgIpc) is 3.07. The first-order chi connectivity index (χ1) is 14.8. The predicted octanol–water partition coefficient (Wildman–Crippen LogP) is 5.14. The number of alkyl halides is 3. The molecule has 0 N–H and O–H groups in total.